The maximum Gasteiger partial charge on any atom is 0.407 e. The van der Waals surface area contributed by atoms with Crippen LogP contribution in [0, 0.1) is 0 Å². The van der Waals surface area contributed by atoms with Crippen LogP contribution >= 0.6 is 0 Å². The number of unbranched alkanes of at least 4 members (excludes halogenated alkanes) is 1. The van der Waals surface area contributed by atoms with Gasteiger partial charge in [-0.05, 0) is 48.4 Å². The Bertz CT molecular complexity index is 961. The van der Waals surface area contributed by atoms with Gasteiger partial charge in [-0.3, -0.25) is 9.59 Å². The number of carboxylic acid groups (broad SMARTS) is 1. The molecule has 1 aliphatic rings. The Morgan fingerprint density at radius 2 is 1.56 bits per heavy atom. The van der Waals surface area contributed by atoms with E-state index in [1.165, 1.54) is 0 Å². The Kier molecular flexibility index (Phi) is 9.08. The summed E-state index contributed by atoms with van der Waals surface area (Å²) in [5, 5.41) is 14.4. The zero-order valence-electron chi connectivity index (χ0n) is 19.9. The number of carbonyl (C=O) groups is 3. The zero-order valence-corrected chi connectivity index (χ0v) is 19.9. The van der Waals surface area contributed by atoms with Gasteiger partial charge in [0.15, 0.2) is 0 Å². The highest BCUT2D eigenvalue weighted by atomic mass is 16.5. The number of aliphatic carboxylic acids is 1. The highest BCUT2D eigenvalue weighted by molar-refractivity contribution is 5.86. The molecule has 0 fully saturated rings. The number of benzene rings is 2. The summed E-state index contributed by atoms with van der Waals surface area (Å²) < 4.78 is 5.60. The quantitative estimate of drug-likeness (QED) is 0.415. The van der Waals surface area contributed by atoms with Gasteiger partial charge in [0.2, 0.25) is 5.91 Å². The molecule has 3 rings (SSSR count). The van der Waals surface area contributed by atoms with Gasteiger partial charge in [0.1, 0.15) is 12.6 Å². The first-order chi connectivity index (χ1) is 16.4. The summed E-state index contributed by atoms with van der Waals surface area (Å²) in [5.74, 6) is -1.17. The van der Waals surface area contributed by atoms with Gasteiger partial charge >= 0.3 is 12.1 Å². The van der Waals surface area contributed by atoms with E-state index in [0.29, 0.717) is 19.3 Å². The lowest BCUT2D eigenvalue weighted by Gasteiger charge is -2.22. The van der Waals surface area contributed by atoms with Gasteiger partial charge in [-0.2, -0.15) is 0 Å². The molecule has 2 amide bonds. The molecular formula is C27H34N2O5. The highest BCUT2D eigenvalue weighted by Gasteiger charge is 2.29. The van der Waals surface area contributed by atoms with E-state index in [1.807, 2.05) is 38.1 Å². The van der Waals surface area contributed by atoms with Crippen LogP contribution in [0.15, 0.2) is 48.5 Å². The Balaban J connectivity index is 1.57. The minimum atomic E-state index is -0.851. The van der Waals surface area contributed by atoms with Crippen molar-refractivity contribution in [1.29, 1.82) is 0 Å². The number of hydrogen-bond donors (Lipinski definition) is 3. The molecule has 0 aromatic heterocycles. The molecule has 1 aliphatic carbocycles. The van der Waals surface area contributed by atoms with Crippen molar-refractivity contribution in [3.8, 4) is 11.1 Å². The van der Waals surface area contributed by atoms with E-state index in [4.69, 9.17) is 9.84 Å². The summed E-state index contributed by atoms with van der Waals surface area (Å²) in [7, 11) is 0. The first kappa shape index (κ1) is 25.3. The van der Waals surface area contributed by atoms with E-state index in [-0.39, 0.29) is 30.9 Å². The first-order valence-electron chi connectivity index (χ1n) is 12.0. The lowest BCUT2D eigenvalue weighted by molar-refractivity contribution is -0.137. The van der Waals surface area contributed by atoms with E-state index in [0.717, 1.165) is 35.1 Å². The van der Waals surface area contributed by atoms with Gasteiger partial charge in [0.05, 0.1) is 0 Å². The molecule has 0 radical (unpaired) electrons. The smallest absolute Gasteiger partial charge is 0.407 e. The maximum absolute atomic E-state index is 12.8. The van der Waals surface area contributed by atoms with Crippen molar-refractivity contribution in [3.63, 3.8) is 0 Å². The summed E-state index contributed by atoms with van der Waals surface area (Å²) in [6, 6.07) is 15.4. The third-order valence-electron chi connectivity index (χ3n) is 6.22. The van der Waals surface area contributed by atoms with Crippen LogP contribution in [0.25, 0.3) is 11.1 Å². The number of amides is 2. The van der Waals surface area contributed by atoms with Crippen molar-refractivity contribution >= 4 is 18.0 Å². The number of rotatable bonds is 12. The number of hydrogen-bond acceptors (Lipinski definition) is 4. The molecule has 0 spiro atoms. The predicted molar refractivity (Wildman–Crippen MR) is 131 cm³/mol. The number of ether oxygens (including phenoxy) is 1. The van der Waals surface area contributed by atoms with Gasteiger partial charge in [-0.15, -0.1) is 0 Å². The fourth-order valence-corrected chi connectivity index (χ4v) is 4.43. The monoisotopic (exact) mass is 466 g/mol. The summed E-state index contributed by atoms with van der Waals surface area (Å²) in [6.07, 6.45) is 2.68. The van der Waals surface area contributed by atoms with Crippen LogP contribution in [-0.4, -0.2) is 41.8 Å². The largest absolute Gasteiger partial charge is 0.481 e. The molecule has 2 aromatic carbocycles. The van der Waals surface area contributed by atoms with Crippen LogP contribution in [0.4, 0.5) is 4.79 Å². The molecule has 3 N–H and O–H groups in total. The normalized spacial score (nSPS) is 13.9. The summed E-state index contributed by atoms with van der Waals surface area (Å²) in [4.78, 5) is 36.1. The second kappa shape index (κ2) is 12.2. The molecule has 7 heteroatoms. The molecule has 0 heterocycles. The summed E-state index contributed by atoms with van der Waals surface area (Å²) in [5.41, 5.74) is 4.58. The van der Waals surface area contributed by atoms with Crippen LogP contribution in [-0.2, 0) is 14.3 Å². The fourth-order valence-electron chi connectivity index (χ4n) is 4.43. The van der Waals surface area contributed by atoms with Crippen LogP contribution < -0.4 is 10.6 Å². The molecule has 2 unspecified atom stereocenters. The molecular weight excluding hydrogens is 432 g/mol. The Morgan fingerprint density at radius 3 is 2.15 bits per heavy atom. The molecule has 0 saturated carbocycles. The van der Waals surface area contributed by atoms with E-state index >= 15 is 0 Å². The Hall–Kier alpha value is -3.35. The second-order valence-corrected chi connectivity index (χ2v) is 8.86. The summed E-state index contributed by atoms with van der Waals surface area (Å²) in [6.45, 7) is 4.05. The van der Waals surface area contributed by atoms with E-state index in [9.17, 15) is 14.4 Å². The standard InChI is InChI=1S/C27H34N2O5/c1-3-4-15-24(26(32)28-18(2)10-9-16-25(30)31)29-27(33)34-17-23-21-13-7-5-11-19(21)20-12-6-8-14-22(20)23/h5-8,11-14,18,23-24H,3-4,9-10,15-17H2,1-2H3,(H,28,32)(H,29,33)(H,30,31). The van der Waals surface area contributed by atoms with Crippen molar-refractivity contribution in [2.45, 2.75) is 70.4 Å². The van der Waals surface area contributed by atoms with Gasteiger partial charge in [0.25, 0.3) is 0 Å². The average molecular weight is 467 g/mol. The van der Waals surface area contributed by atoms with Crippen LogP contribution in [0.1, 0.15) is 69.4 Å². The first-order valence-corrected chi connectivity index (χ1v) is 12.0. The molecule has 7 nitrogen and oxygen atoms in total. The molecule has 2 aromatic rings. The van der Waals surface area contributed by atoms with Crippen molar-refractivity contribution < 1.29 is 24.2 Å². The number of carboxylic acids is 1. The van der Waals surface area contributed by atoms with Gasteiger partial charge < -0.3 is 20.5 Å². The predicted octanol–water partition coefficient (Wildman–Crippen LogP) is 4.84. The van der Waals surface area contributed by atoms with Gasteiger partial charge in [-0.1, -0.05) is 68.3 Å². The molecule has 2 atom stereocenters. The average Bonchev–Trinajstić information content (AvgIpc) is 3.13. The van der Waals surface area contributed by atoms with Crippen molar-refractivity contribution in [3.05, 3.63) is 59.7 Å². The van der Waals surface area contributed by atoms with Gasteiger partial charge in [0, 0.05) is 18.4 Å². The fraction of sp³-hybridized carbons (Fsp3) is 0.444. The number of alkyl carbamates (subject to hydrolysis) is 1. The Labute approximate surface area is 200 Å². The summed E-state index contributed by atoms with van der Waals surface area (Å²) >= 11 is 0. The van der Waals surface area contributed by atoms with Crippen LogP contribution in [0.3, 0.4) is 0 Å². The molecule has 34 heavy (non-hydrogen) atoms. The number of nitrogens with one attached hydrogen (secondary N) is 2. The van der Waals surface area contributed by atoms with E-state index < -0.39 is 18.1 Å². The third kappa shape index (κ3) is 6.59. The highest BCUT2D eigenvalue weighted by Crippen LogP contribution is 2.44. The van der Waals surface area contributed by atoms with Gasteiger partial charge in [-0.25, -0.2) is 4.79 Å². The third-order valence-corrected chi connectivity index (χ3v) is 6.22. The van der Waals surface area contributed by atoms with Crippen LogP contribution in [0.2, 0.25) is 0 Å². The lowest BCUT2D eigenvalue weighted by atomic mass is 9.98. The Morgan fingerprint density at radius 1 is 0.941 bits per heavy atom. The van der Waals surface area contributed by atoms with E-state index in [1.54, 1.807) is 0 Å². The second-order valence-electron chi connectivity index (χ2n) is 8.86. The molecule has 182 valence electrons. The minimum absolute atomic E-state index is 0.0460. The van der Waals surface area contributed by atoms with Crippen molar-refractivity contribution in [2.24, 2.45) is 0 Å². The minimum Gasteiger partial charge on any atom is -0.481 e. The number of carbonyl (C=O) groups excluding carboxylic acids is 2. The zero-order chi connectivity index (χ0) is 24.5. The molecule has 0 aliphatic heterocycles. The number of fused-ring (bicyclic) bond motifs is 3. The maximum atomic E-state index is 12.8. The van der Waals surface area contributed by atoms with Crippen molar-refractivity contribution in [1.82, 2.24) is 10.6 Å². The van der Waals surface area contributed by atoms with E-state index in [2.05, 4.69) is 34.9 Å². The molecule has 0 bridgehead atoms. The van der Waals surface area contributed by atoms with Crippen molar-refractivity contribution in [2.75, 3.05) is 6.61 Å². The molecule has 0 saturated heterocycles. The SMILES string of the molecule is CCCCC(NC(=O)OCC1c2ccccc2-c2ccccc21)C(=O)NC(C)CCCC(=O)O. The lowest BCUT2D eigenvalue weighted by Crippen LogP contribution is -2.49. The van der Waals surface area contributed by atoms with Crippen LogP contribution in [0.5, 0.6) is 0 Å². The topological polar surface area (TPSA) is 105 Å².